The fraction of sp³-hybridized carbons (Fsp3) is 0.286. The lowest BCUT2D eigenvalue weighted by molar-refractivity contribution is -0.207. The number of imidazole rings is 1. The Kier molecular flexibility index (Phi) is 5.46. The fourth-order valence-electron chi connectivity index (χ4n) is 2.73. The first kappa shape index (κ1) is 20.6. The van der Waals surface area contributed by atoms with Gasteiger partial charge in [0.05, 0.1) is 17.7 Å². The normalized spacial score (nSPS) is 13.5. The van der Waals surface area contributed by atoms with Gasteiger partial charge in [-0.15, -0.1) is 0 Å². The van der Waals surface area contributed by atoms with Crippen LogP contribution in [0.25, 0.3) is 22.5 Å². The van der Waals surface area contributed by atoms with Crippen molar-refractivity contribution in [2.24, 2.45) is 16.1 Å². The maximum Gasteiger partial charge on any atom is 0.395 e. The molecule has 8 heteroatoms. The third-order valence-corrected chi connectivity index (χ3v) is 4.68. The van der Waals surface area contributed by atoms with Crippen molar-refractivity contribution in [3.63, 3.8) is 0 Å². The zero-order valence-corrected chi connectivity index (χ0v) is 16.4. The molecule has 0 radical (unpaired) electrons. The smallest absolute Gasteiger partial charge is 0.395 e. The zero-order chi connectivity index (χ0) is 21.2. The topological polar surface area (TPSA) is 68.6 Å². The van der Waals surface area contributed by atoms with E-state index in [0.29, 0.717) is 16.8 Å². The number of hydrogen-bond donors (Lipinski definition) is 1. The van der Waals surface area contributed by atoms with Gasteiger partial charge in [0.2, 0.25) is 0 Å². The van der Waals surface area contributed by atoms with Gasteiger partial charge in [0.15, 0.2) is 0 Å². The van der Waals surface area contributed by atoms with Crippen LogP contribution < -0.4 is 5.73 Å². The molecule has 0 spiro atoms. The highest BCUT2D eigenvalue weighted by molar-refractivity contribution is 6.11. The van der Waals surface area contributed by atoms with E-state index in [1.54, 1.807) is 6.20 Å². The van der Waals surface area contributed by atoms with Crippen molar-refractivity contribution in [3.8, 4) is 11.3 Å². The van der Waals surface area contributed by atoms with E-state index in [0.717, 1.165) is 30.8 Å². The van der Waals surface area contributed by atoms with Gasteiger partial charge in [-0.3, -0.25) is 9.98 Å². The van der Waals surface area contributed by atoms with Gasteiger partial charge in [-0.05, 0) is 39.0 Å². The van der Waals surface area contributed by atoms with Crippen LogP contribution in [0, 0.1) is 12.3 Å². The lowest BCUT2D eigenvalue weighted by Gasteiger charge is -2.25. The van der Waals surface area contributed by atoms with Crippen LogP contribution >= 0.6 is 0 Å². The Hall–Kier alpha value is -3.16. The molecular weight excluding hydrogens is 379 g/mol. The molecule has 0 atom stereocenters. The summed E-state index contributed by atoms with van der Waals surface area (Å²) in [7, 11) is 0. The number of pyridine rings is 2. The van der Waals surface area contributed by atoms with Crippen molar-refractivity contribution in [1.82, 2.24) is 14.4 Å². The average Bonchev–Trinajstić information content (AvgIpc) is 3.12. The van der Waals surface area contributed by atoms with Crippen LogP contribution in [-0.4, -0.2) is 33.3 Å². The van der Waals surface area contributed by atoms with Gasteiger partial charge >= 0.3 is 6.18 Å². The van der Waals surface area contributed by atoms with Crippen LogP contribution in [0.15, 0.2) is 54.0 Å². The summed E-state index contributed by atoms with van der Waals surface area (Å²) < 4.78 is 41.1. The molecule has 0 saturated carbocycles. The van der Waals surface area contributed by atoms with Crippen molar-refractivity contribution in [2.75, 3.05) is 6.54 Å². The minimum atomic E-state index is -4.34. The summed E-state index contributed by atoms with van der Waals surface area (Å²) in [4.78, 5) is 12.9. The Morgan fingerprint density at radius 1 is 1.21 bits per heavy atom. The standard InChI is InChI=1S/C21H22F3N5/c1-14-4-5-17(16(11-25)12-26-13-20(2,3)21(22,23)24)19(28-14)15-6-8-29-9-7-27-18(29)10-15/h4-12H,13,25H2,1-3H3. The summed E-state index contributed by atoms with van der Waals surface area (Å²) in [6, 6.07) is 7.46. The number of halogens is 3. The molecule has 3 aromatic rings. The number of nitrogens with two attached hydrogens (primary N) is 1. The van der Waals surface area contributed by atoms with Gasteiger partial charge in [-0.2, -0.15) is 13.2 Å². The fourth-order valence-corrected chi connectivity index (χ4v) is 2.73. The van der Waals surface area contributed by atoms with Gasteiger partial charge in [0.1, 0.15) is 5.65 Å². The predicted molar refractivity (Wildman–Crippen MR) is 109 cm³/mol. The molecule has 152 valence electrons. The summed E-state index contributed by atoms with van der Waals surface area (Å²) in [5.74, 6) is 0. The Balaban J connectivity index is 1.98. The van der Waals surface area contributed by atoms with Crippen molar-refractivity contribution >= 4 is 17.4 Å². The second-order valence-electron chi connectivity index (χ2n) is 7.43. The second kappa shape index (κ2) is 7.69. The Morgan fingerprint density at radius 3 is 2.66 bits per heavy atom. The second-order valence-corrected chi connectivity index (χ2v) is 7.43. The Labute approximate surface area is 166 Å². The molecule has 0 unspecified atom stereocenters. The molecule has 2 N–H and O–H groups in total. The van der Waals surface area contributed by atoms with E-state index in [2.05, 4.69) is 15.0 Å². The maximum atomic E-state index is 13.1. The highest BCUT2D eigenvalue weighted by Gasteiger charge is 2.46. The molecule has 0 saturated heterocycles. The van der Waals surface area contributed by atoms with Crippen molar-refractivity contribution in [1.29, 1.82) is 0 Å². The third kappa shape index (κ3) is 4.31. The number of rotatable bonds is 5. The van der Waals surface area contributed by atoms with Crippen LogP contribution in [-0.2, 0) is 0 Å². The number of aromatic nitrogens is 3. The molecule has 0 aliphatic heterocycles. The van der Waals surface area contributed by atoms with Gasteiger partial charge < -0.3 is 10.1 Å². The molecule has 0 bridgehead atoms. The predicted octanol–water partition coefficient (Wildman–Crippen LogP) is 4.66. The largest absolute Gasteiger partial charge is 0.404 e. The minimum absolute atomic E-state index is 0.400. The Bertz CT molecular complexity index is 1080. The first-order valence-corrected chi connectivity index (χ1v) is 9.02. The summed E-state index contributed by atoms with van der Waals surface area (Å²) in [6.07, 6.45) is 3.77. The summed E-state index contributed by atoms with van der Waals surface area (Å²) in [6.45, 7) is 3.71. The van der Waals surface area contributed by atoms with Gasteiger partial charge in [0, 0.05) is 53.4 Å². The Morgan fingerprint density at radius 2 is 1.97 bits per heavy atom. The van der Waals surface area contributed by atoms with Crippen LogP contribution in [0.3, 0.4) is 0 Å². The number of fused-ring (bicyclic) bond motifs is 1. The molecule has 0 amide bonds. The highest BCUT2D eigenvalue weighted by atomic mass is 19.4. The monoisotopic (exact) mass is 401 g/mol. The molecule has 0 aliphatic carbocycles. The molecule has 5 nitrogen and oxygen atoms in total. The van der Waals surface area contributed by atoms with E-state index >= 15 is 0 Å². The SMILES string of the molecule is Cc1ccc(C(C=NCC(C)(C)C(F)(F)F)=CN)c(-c2ccn3ccnc3c2)n1. The van der Waals surface area contributed by atoms with Gasteiger partial charge in [-0.1, -0.05) is 6.07 Å². The molecule has 3 aromatic heterocycles. The first-order valence-electron chi connectivity index (χ1n) is 9.02. The van der Waals surface area contributed by atoms with E-state index < -0.39 is 18.1 Å². The van der Waals surface area contributed by atoms with Crippen molar-refractivity contribution in [2.45, 2.75) is 26.9 Å². The quantitative estimate of drug-likeness (QED) is 0.632. The molecule has 0 aromatic carbocycles. The van der Waals surface area contributed by atoms with Crippen LogP contribution in [0.4, 0.5) is 13.2 Å². The van der Waals surface area contributed by atoms with E-state index in [-0.39, 0.29) is 0 Å². The summed E-state index contributed by atoms with van der Waals surface area (Å²) in [5, 5.41) is 0. The van der Waals surface area contributed by atoms with Gasteiger partial charge in [0.25, 0.3) is 0 Å². The minimum Gasteiger partial charge on any atom is -0.404 e. The number of hydrogen-bond acceptors (Lipinski definition) is 4. The molecular formula is C21H22F3N5. The highest BCUT2D eigenvalue weighted by Crippen LogP contribution is 2.37. The van der Waals surface area contributed by atoms with Crippen LogP contribution in [0.5, 0.6) is 0 Å². The van der Waals surface area contributed by atoms with Crippen LogP contribution in [0.2, 0.25) is 0 Å². The lowest BCUT2D eigenvalue weighted by atomic mass is 9.93. The third-order valence-electron chi connectivity index (χ3n) is 4.68. The number of allylic oxidation sites excluding steroid dienone is 1. The average molecular weight is 401 g/mol. The number of aryl methyl sites for hydroxylation is 1. The van der Waals surface area contributed by atoms with Crippen molar-refractivity contribution in [3.05, 3.63) is 60.3 Å². The molecule has 0 aliphatic rings. The van der Waals surface area contributed by atoms with Crippen LogP contribution in [0.1, 0.15) is 25.1 Å². The number of alkyl halides is 3. The zero-order valence-electron chi connectivity index (χ0n) is 16.4. The molecule has 3 heterocycles. The summed E-state index contributed by atoms with van der Waals surface area (Å²) in [5.41, 5.74) is 8.08. The van der Waals surface area contributed by atoms with Crippen molar-refractivity contribution < 1.29 is 13.2 Å². The van der Waals surface area contributed by atoms with E-state index in [1.165, 1.54) is 12.4 Å². The molecule has 29 heavy (non-hydrogen) atoms. The number of nitrogens with zero attached hydrogens (tertiary/aromatic N) is 4. The van der Waals surface area contributed by atoms with Gasteiger partial charge in [-0.25, -0.2) is 4.98 Å². The number of aliphatic imine (C=N–C) groups is 1. The first-order chi connectivity index (χ1) is 13.6. The molecule has 0 fully saturated rings. The van der Waals surface area contributed by atoms with E-state index in [4.69, 9.17) is 5.73 Å². The molecule has 3 rings (SSSR count). The van der Waals surface area contributed by atoms with E-state index in [1.807, 2.05) is 48.0 Å². The van der Waals surface area contributed by atoms with E-state index in [9.17, 15) is 13.2 Å². The maximum absolute atomic E-state index is 13.1. The lowest BCUT2D eigenvalue weighted by Crippen LogP contribution is -2.34. The summed E-state index contributed by atoms with van der Waals surface area (Å²) >= 11 is 0.